The van der Waals surface area contributed by atoms with Crippen molar-refractivity contribution < 1.29 is 19.7 Å². The standard InChI is InChI=1S/C10H12ClNO4/c11-9-3-7(16-5-6(14)4-13)1-2-8(9)10(12)15/h1-3,6,13-14H,4-5H2,(H2,12,15)/t6-/m1/s1. The Kier molecular flexibility index (Phi) is 4.54. The molecule has 0 spiro atoms. The number of rotatable bonds is 5. The molecule has 0 fully saturated rings. The molecule has 1 atom stereocenters. The zero-order valence-corrected chi connectivity index (χ0v) is 9.15. The molecule has 1 aromatic rings. The van der Waals surface area contributed by atoms with Crippen molar-refractivity contribution in [2.24, 2.45) is 5.73 Å². The predicted octanol–water partition coefficient (Wildman–Crippen LogP) is 0.171. The van der Waals surface area contributed by atoms with E-state index in [0.29, 0.717) is 5.75 Å². The first-order chi connectivity index (χ1) is 7.54. The van der Waals surface area contributed by atoms with E-state index in [-0.39, 0.29) is 23.8 Å². The largest absolute Gasteiger partial charge is 0.491 e. The van der Waals surface area contributed by atoms with Gasteiger partial charge in [0.05, 0.1) is 17.2 Å². The number of carbonyl (C=O) groups is 1. The summed E-state index contributed by atoms with van der Waals surface area (Å²) in [6, 6.07) is 4.37. The molecule has 1 rings (SSSR count). The number of ether oxygens (including phenoxy) is 1. The third-order valence-electron chi connectivity index (χ3n) is 1.86. The van der Waals surface area contributed by atoms with Crippen molar-refractivity contribution in [1.29, 1.82) is 0 Å². The molecule has 0 radical (unpaired) electrons. The van der Waals surface area contributed by atoms with Gasteiger partial charge in [-0.3, -0.25) is 4.79 Å². The van der Waals surface area contributed by atoms with Gasteiger partial charge >= 0.3 is 0 Å². The number of halogens is 1. The van der Waals surface area contributed by atoms with Crippen LogP contribution in [0.2, 0.25) is 5.02 Å². The molecule has 6 heteroatoms. The van der Waals surface area contributed by atoms with Crippen LogP contribution in [0, 0.1) is 0 Å². The minimum Gasteiger partial charge on any atom is -0.491 e. The van der Waals surface area contributed by atoms with E-state index < -0.39 is 12.0 Å². The van der Waals surface area contributed by atoms with E-state index in [0.717, 1.165) is 0 Å². The van der Waals surface area contributed by atoms with E-state index in [1.807, 2.05) is 0 Å². The number of hydrogen-bond acceptors (Lipinski definition) is 4. The number of nitrogens with two attached hydrogens (primary N) is 1. The van der Waals surface area contributed by atoms with Gasteiger partial charge in [0.25, 0.3) is 0 Å². The summed E-state index contributed by atoms with van der Waals surface area (Å²) in [6.45, 7) is -0.435. The first-order valence-electron chi connectivity index (χ1n) is 4.55. The number of aliphatic hydroxyl groups is 2. The molecule has 5 nitrogen and oxygen atoms in total. The summed E-state index contributed by atoms with van der Waals surface area (Å²) in [5.41, 5.74) is 5.28. The Balaban J connectivity index is 2.70. The van der Waals surface area contributed by atoms with Crippen molar-refractivity contribution >= 4 is 17.5 Å². The molecule has 0 unspecified atom stereocenters. The molecule has 0 saturated carbocycles. The lowest BCUT2D eigenvalue weighted by atomic mass is 10.2. The van der Waals surface area contributed by atoms with Gasteiger partial charge in [-0.2, -0.15) is 0 Å². The van der Waals surface area contributed by atoms with Gasteiger partial charge in [0.15, 0.2) is 0 Å². The molecule has 0 aliphatic heterocycles. The maximum Gasteiger partial charge on any atom is 0.250 e. The van der Waals surface area contributed by atoms with Crippen LogP contribution in [0.15, 0.2) is 18.2 Å². The number of benzene rings is 1. The van der Waals surface area contributed by atoms with Crippen molar-refractivity contribution in [1.82, 2.24) is 0 Å². The van der Waals surface area contributed by atoms with Crippen LogP contribution in [-0.2, 0) is 0 Å². The third kappa shape index (κ3) is 3.37. The van der Waals surface area contributed by atoms with Crippen molar-refractivity contribution in [2.45, 2.75) is 6.10 Å². The molecule has 0 heterocycles. The highest BCUT2D eigenvalue weighted by atomic mass is 35.5. The molecule has 0 saturated heterocycles. The van der Waals surface area contributed by atoms with Gasteiger partial charge in [0.2, 0.25) is 5.91 Å². The predicted molar refractivity (Wildman–Crippen MR) is 58.6 cm³/mol. The molecule has 0 aromatic heterocycles. The Bertz CT molecular complexity index is 383. The first-order valence-corrected chi connectivity index (χ1v) is 4.93. The van der Waals surface area contributed by atoms with E-state index >= 15 is 0 Å². The van der Waals surface area contributed by atoms with Crippen LogP contribution in [0.1, 0.15) is 10.4 Å². The van der Waals surface area contributed by atoms with Gasteiger partial charge in [-0.15, -0.1) is 0 Å². The smallest absolute Gasteiger partial charge is 0.250 e. The molecule has 88 valence electrons. The number of carbonyl (C=O) groups excluding carboxylic acids is 1. The molecule has 0 aliphatic rings. The maximum absolute atomic E-state index is 10.9. The highest BCUT2D eigenvalue weighted by Gasteiger charge is 2.08. The third-order valence-corrected chi connectivity index (χ3v) is 2.17. The summed E-state index contributed by atoms with van der Waals surface area (Å²) in [7, 11) is 0. The minimum absolute atomic E-state index is 0.0528. The van der Waals surface area contributed by atoms with Crippen LogP contribution in [-0.4, -0.2) is 35.4 Å². The lowest BCUT2D eigenvalue weighted by molar-refractivity contribution is 0.0536. The fraction of sp³-hybridized carbons (Fsp3) is 0.300. The summed E-state index contributed by atoms with van der Waals surface area (Å²) >= 11 is 5.78. The summed E-state index contributed by atoms with van der Waals surface area (Å²) in [6.07, 6.45) is -0.949. The van der Waals surface area contributed by atoms with Crippen LogP contribution in [0.3, 0.4) is 0 Å². The Morgan fingerprint density at radius 1 is 1.56 bits per heavy atom. The highest BCUT2D eigenvalue weighted by Crippen LogP contribution is 2.22. The maximum atomic E-state index is 10.9. The molecule has 0 aliphatic carbocycles. The van der Waals surface area contributed by atoms with Crippen molar-refractivity contribution in [3.63, 3.8) is 0 Å². The molecule has 0 bridgehead atoms. The van der Waals surface area contributed by atoms with Crippen LogP contribution < -0.4 is 10.5 Å². The van der Waals surface area contributed by atoms with Crippen molar-refractivity contribution in [2.75, 3.05) is 13.2 Å². The van der Waals surface area contributed by atoms with E-state index in [9.17, 15) is 4.79 Å². The van der Waals surface area contributed by atoms with E-state index in [1.165, 1.54) is 18.2 Å². The second-order valence-corrected chi connectivity index (χ2v) is 3.56. The van der Waals surface area contributed by atoms with Crippen molar-refractivity contribution in [3.05, 3.63) is 28.8 Å². The summed E-state index contributed by atoms with van der Waals surface area (Å²) < 4.78 is 5.13. The van der Waals surface area contributed by atoms with E-state index in [1.54, 1.807) is 0 Å². The number of primary amides is 1. The van der Waals surface area contributed by atoms with Crippen LogP contribution >= 0.6 is 11.6 Å². The van der Waals surface area contributed by atoms with Gasteiger partial charge < -0.3 is 20.7 Å². The summed E-state index contributed by atoms with van der Waals surface area (Å²) in [5.74, 6) is -0.227. The number of aliphatic hydroxyl groups excluding tert-OH is 2. The molecular formula is C10H12ClNO4. The van der Waals surface area contributed by atoms with Gasteiger partial charge in [0, 0.05) is 0 Å². The van der Waals surface area contributed by atoms with Crippen LogP contribution in [0.5, 0.6) is 5.75 Å². The number of amides is 1. The van der Waals surface area contributed by atoms with E-state index in [4.69, 9.17) is 32.3 Å². The van der Waals surface area contributed by atoms with Gasteiger partial charge in [-0.05, 0) is 18.2 Å². The topological polar surface area (TPSA) is 92.8 Å². The fourth-order valence-corrected chi connectivity index (χ4v) is 1.29. The Hall–Kier alpha value is -1.30. The quantitative estimate of drug-likeness (QED) is 0.690. The highest BCUT2D eigenvalue weighted by molar-refractivity contribution is 6.33. The number of hydrogen-bond donors (Lipinski definition) is 3. The normalized spacial score (nSPS) is 12.2. The average Bonchev–Trinajstić information content (AvgIpc) is 2.25. The molecule has 16 heavy (non-hydrogen) atoms. The lowest BCUT2D eigenvalue weighted by Gasteiger charge is -2.10. The Morgan fingerprint density at radius 2 is 2.25 bits per heavy atom. The van der Waals surface area contributed by atoms with Gasteiger partial charge in [-0.25, -0.2) is 0 Å². The minimum atomic E-state index is -0.949. The van der Waals surface area contributed by atoms with Crippen LogP contribution in [0.25, 0.3) is 0 Å². The van der Waals surface area contributed by atoms with Crippen LogP contribution in [0.4, 0.5) is 0 Å². The molecule has 1 aromatic carbocycles. The monoisotopic (exact) mass is 245 g/mol. The second kappa shape index (κ2) is 5.69. The SMILES string of the molecule is NC(=O)c1ccc(OC[C@H](O)CO)cc1Cl. The Labute approximate surface area is 97.4 Å². The molecule has 4 N–H and O–H groups in total. The van der Waals surface area contributed by atoms with Gasteiger partial charge in [0.1, 0.15) is 18.5 Å². The van der Waals surface area contributed by atoms with E-state index in [2.05, 4.69) is 0 Å². The molecular weight excluding hydrogens is 234 g/mol. The lowest BCUT2D eigenvalue weighted by Crippen LogP contribution is -2.21. The first kappa shape index (κ1) is 12.8. The molecule has 1 amide bonds. The zero-order chi connectivity index (χ0) is 12.1. The fourth-order valence-electron chi connectivity index (χ4n) is 1.03. The Morgan fingerprint density at radius 3 is 2.75 bits per heavy atom. The second-order valence-electron chi connectivity index (χ2n) is 3.15. The average molecular weight is 246 g/mol. The van der Waals surface area contributed by atoms with Crippen molar-refractivity contribution in [3.8, 4) is 5.75 Å². The summed E-state index contributed by atoms with van der Waals surface area (Å²) in [5, 5.41) is 17.8. The van der Waals surface area contributed by atoms with Gasteiger partial charge in [-0.1, -0.05) is 11.6 Å². The summed E-state index contributed by atoms with van der Waals surface area (Å²) in [4.78, 5) is 10.9. The zero-order valence-electron chi connectivity index (χ0n) is 8.39.